The largest absolute Gasteiger partial charge is 0.510 e. The molecular weight excluding hydrogens is 194 g/mol. The van der Waals surface area contributed by atoms with Crippen LogP contribution in [-0.2, 0) is 9.47 Å². The Balaban J connectivity index is 4.15. The fourth-order valence-electron chi connectivity index (χ4n) is 0.604. The van der Waals surface area contributed by atoms with Crippen LogP contribution < -0.4 is 5.73 Å². The number of carbonyl (C=O) groups is 1. The first-order valence-corrected chi connectivity index (χ1v) is 5.32. The topological polar surface area (TPSA) is 61.5 Å². The minimum Gasteiger partial charge on any atom is -0.428 e. The van der Waals surface area contributed by atoms with E-state index >= 15 is 0 Å². The summed E-state index contributed by atoms with van der Waals surface area (Å²) < 4.78 is 10.1. The molecule has 0 amide bonds. The molecule has 0 fully saturated rings. The highest BCUT2D eigenvalue weighted by Crippen LogP contribution is 2.21. The van der Waals surface area contributed by atoms with Gasteiger partial charge in [0.05, 0.1) is 0 Å². The van der Waals surface area contributed by atoms with Crippen molar-refractivity contribution in [2.45, 2.75) is 53.4 Å². The van der Waals surface area contributed by atoms with Gasteiger partial charge in [0.25, 0.3) is 0 Å². The van der Waals surface area contributed by atoms with Gasteiger partial charge in [0.2, 0.25) is 0 Å². The second-order valence-electron chi connectivity index (χ2n) is 4.94. The van der Waals surface area contributed by atoms with E-state index in [2.05, 4.69) is 0 Å². The Kier molecular flexibility index (Phi) is 5.08. The van der Waals surface area contributed by atoms with Gasteiger partial charge in [-0.3, -0.25) is 5.73 Å². The van der Waals surface area contributed by atoms with Gasteiger partial charge in [0, 0.05) is 5.92 Å². The van der Waals surface area contributed by atoms with Crippen molar-refractivity contribution in [3.05, 3.63) is 0 Å². The molecule has 0 radical (unpaired) electrons. The predicted molar refractivity (Wildman–Crippen MR) is 59.3 cm³/mol. The van der Waals surface area contributed by atoms with E-state index in [1.165, 1.54) is 0 Å². The first-order valence-electron chi connectivity index (χ1n) is 5.32. The van der Waals surface area contributed by atoms with Crippen LogP contribution in [0.25, 0.3) is 0 Å². The van der Waals surface area contributed by atoms with Gasteiger partial charge in [-0.05, 0) is 19.8 Å². The van der Waals surface area contributed by atoms with Crippen molar-refractivity contribution in [1.82, 2.24) is 0 Å². The second-order valence-corrected chi connectivity index (χ2v) is 4.94. The molecule has 0 saturated heterocycles. The molecule has 0 bridgehead atoms. The summed E-state index contributed by atoms with van der Waals surface area (Å²) in [6, 6.07) is 0. The summed E-state index contributed by atoms with van der Waals surface area (Å²) in [6.45, 7) is 11.4. The average molecular weight is 217 g/mol. The van der Waals surface area contributed by atoms with E-state index in [-0.39, 0.29) is 11.8 Å². The van der Waals surface area contributed by atoms with Gasteiger partial charge in [-0.25, -0.2) is 4.79 Å². The minimum atomic E-state index is -0.699. The van der Waals surface area contributed by atoms with Crippen molar-refractivity contribution in [2.24, 2.45) is 17.6 Å². The van der Waals surface area contributed by atoms with E-state index in [0.29, 0.717) is 0 Å². The molecule has 1 atom stereocenters. The molecule has 4 nitrogen and oxygen atoms in total. The lowest BCUT2D eigenvalue weighted by Crippen LogP contribution is -2.38. The van der Waals surface area contributed by atoms with Gasteiger partial charge < -0.3 is 9.47 Å². The first kappa shape index (κ1) is 14.2. The monoisotopic (exact) mass is 217 g/mol. The molecule has 0 aliphatic carbocycles. The molecule has 0 aromatic rings. The molecule has 0 aromatic heterocycles. The van der Waals surface area contributed by atoms with Crippen LogP contribution in [0.2, 0.25) is 0 Å². The van der Waals surface area contributed by atoms with Crippen LogP contribution in [0.15, 0.2) is 0 Å². The number of nitrogens with two attached hydrogens (primary N) is 1. The van der Waals surface area contributed by atoms with Crippen LogP contribution >= 0.6 is 0 Å². The fraction of sp³-hybridized carbons (Fsp3) is 0.909. The molecule has 2 N–H and O–H groups in total. The Labute approximate surface area is 92.1 Å². The number of rotatable bonds is 4. The number of hydrogen-bond acceptors (Lipinski definition) is 4. The van der Waals surface area contributed by atoms with Gasteiger partial charge in [0.15, 0.2) is 6.23 Å². The van der Waals surface area contributed by atoms with Crippen LogP contribution in [-0.4, -0.2) is 18.0 Å². The van der Waals surface area contributed by atoms with Crippen molar-refractivity contribution >= 4 is 6.16 Å². The molecule has 0 spiro atoms. The van der Waals surface area contributed by atoms with Crippen LogP contribution in [0.1, 0.15) is 41.5 Å². The van der Waals surface area contributed by atoms with Gasteiger partial charge in [-0.1, -0.05) is 27.7 Å². The summed E-state index contributed by atoms with van der Waals surface area (Å²) in [5.74, 6) is 0.306. The molecule has 90 valence electrons. The van der Waals surface area contributed by atoms with E-state index in [9.17, 15) is 4.79 Å². The molecule has 4 heteroatoms. The third-order valence-electron chi connectivity index (χ3n) is 2.63. The maximum Gasteiger partial charge on any atom is 0.510 e. The van der Waals surface area contributed by atoms with E-state index in [1.807, 2.05) is 41.5 Å². The zero-order valence-corrected chi connectivity index (χ0v) is 10.5. The lowest BCUT2D eigenvalue weighted by molar-refractivity contribution is -0.0592. The Hall–Kier alpha value is -0.770. The predicted octanol–water partition coefficient (Wildman–Crippen LogP) is 2.52. The molecule has 1 unspecified atom stereocenters. The third-order valence-corrected chi connectivity index (χ3v) is 2.63. The Morgan fingerprint density at radius 3 is 2.00 bits per heavy atom. The normalized spacial score (nSPS) is 14.2. The molecular formula is C11H23NO3. The van der Waals surface area contributed by atoms with Crippen molar-refractivity contribution in [1.29, 1.82) is 0 Å². The lowest BCUT2D eigenvalue weighted by atomic mass is 9.95. The zero-order valence-electron chi connectivity index (χ0n) is 10.5. The summed E-state index contributed by atoms with van der Waals surface area (Å²) in [4.78, 5) is 11.4. The van der Waals surface area contributed by atoms with Gasteiger partial charge in [-0.15, -0.1) is 0 Å². The number of carbonyl (C=O) groups excluding carboxylic acids is 1. The highest BCUT2D eigenvalue weighted by atomic mass is 16.7. The Bertz CT molecular complexity index is 212. The lowest BCUT2D eigenvalue weighted by Gasteiger charge is -2.29. The summed E-state index contributed by atoms with van der Waals surface area (Å²) in [7, 11) is 0. The quantitative estimate of drug-likeness (QED) is 0.580. The minimum absolute atomic E-state index is 0.0831. The Morgan fingerprint density at radius 2 is 1.67 bits per heavy atom. The maximum absolute atomic E-state index is 11.4. The van der Waals surface area contributed by atoms with Crippen molar-refractivity contribution in [3.8, 4) is 0 Å². The molecule has 0 saturated carbocycles. The first-order chi connectivity index (χ1) is 6.66. The summed E-state index contributed by atoms with van der Waals surface area (Å²) in [6.07, 6.45) is -1.31. The van der Waals surface area contributed by atoms with E-state index in [1.54, 1.807) is 0 Å². The van der Waals surface area contributed by atoms with Crippen LogP contribution in [0.3, 0.4) is 0 Å². The smallest absolute Gasteiger partial charge is 0.428 e. The highest BCUT2D eigenvalue weighted by Gasteiger charge is 2.28. The van der Waals surface area contributed by atoms with Crippen molar-refractivity contribution in [3.63, 3.8) is 0 Å². The van der Waals surface area contributed by atoms with E-state index in [0.717, 1.165) is 0 Å². The summed E-state index contributed by atoms with van der Waals surface area (Å²) in [5, 5.41) is 0. The molecule has 0 aliphatic rings. The summed E-state index contributed by atoms with van der Waals surface area (Å²) >= 11 is 0. The van der Waals surface area contributed by atoms with Crippen LogP contribution in [0.4, 0.5) is 4.79 Å². The fourth-order valence-corrected chi connectivity index (χ4v) is 0.604. The molecule has 0 aliphatic heterocycles. The average Bonchev–Trinajstić information content (AvgIpc) is 2.01. The van der Waals surface area contributed by atoms with Gasteiger partial charge in [0.1, 0.15) is 5.60 Å². The molecule has 15 heavy (non-hydrogen) atoms. The van der Waals surface area contributed by atoms with Crippen LogP contribution in [0.5, 0.6) is 0 Å². The standard InChI is InChI=1S/C11H23NO3/c1-7(2)9(12)14-10(13)15-11(5,6)8(3)4/h7-9H,12H2,1-6H3. The van der Waals surface area contributed by atoms with Gasteiger partial charge in [-0.2, -0.15) is 0 Å². The maximum atomic E-state index is 11.4. The zero-order chi connectivity index (χ0) is 12.2. The molecule has 0 heterocycles. The molecule has 0 aromatic carbocycles. The van der Waals surface area contributed by atoms with Crippen molar-refractivity contribution < 1.29 is 14.3 Å². The van der Waals surface area contributed by atoms with Crippen molar-refractivity contribution in [2.75, 3.05) is 0 Å². The highest BCUT2D eigenvalue weighted by molar-refractivity contribution is 5.60. The SMILES string of the molecule is CC(C)C(N)OC(=O)OC(C)(C)C(C)C. The second kappa shape index (κ2) is 5.35. The van der Waals surface area contributed by atoms with E-state index < -0.39 is 18.0 Å². The number of hydrogen-bond donors (Lipinski definition) is 1. The van der Waals surface area contributed by atoms with Gasteiger partial charge >= 0.3 is 6.16 Å². The molecule has 0 rings (SSSR count). The van der Waals surface area contributed by atoms with Crippen LogP contribution in [0, 0.1) is 11.8 Å². The summed E-state index contributed by atoms with van der Waals surface area (Å²) in [5.41, 5.74) is 5.06. The third kappa shape index (κ3) is 5.02. The van der Waals surface area contributed by atoms with E-state index in [4.69, 9.17) is 15.2 Å². The number of ether oxygens (including phenoxy) is 2. The Morgan fingerprint density at radius 1 is 1.20 bits per heavy atom.